The van der Waals surface area contributed by atoms with Crippen LogP contribution in [0.5, 0.6) is 0 Å². The molecule has 0 aliphatic rings. The molecule has 0 spiro atoms. The lowest BCUT2D eigenvalue weighted by molar-refractivity contribution is -0.122. The van der Waals surface area contributed by atoms with Crippen LogP contribution in [-0.4, -0.2) is 34.2 Å². The minimum absolute atomic E-state index is 0.0608. The second-order valence-electron chi connectivity index (χ2n) is 4.97. The van der Waals surface area contributed by atoms with Crippen LogP contribution in [-0.2, 0) is 11.2 Å². The molecule has 1 amide bonds. The highest BCUT2D eigenvalue weighted by molar-refractivity contribution is 5.76. The number of aromatic amines is 1. The second kappa shape index (κ2) is 7.81. The van der Waals surface area contributed by atoms with Crippen LogP contribution in [0.25, 0.3) is 0 Å². The minimum Gasteiger partial charge on any atom is -0.356 e. The fraction of sp³-hybridized carbons (Fsp3) is 0.750. The van der Waals surface area contributed by atoms with E-state index in [9.17, 15) is 4.79 Å². The third-order valence-corrected chi connectivity index (χ3v) is 2.76. The van der Waals surface area contributed by atoms with Gasteiger partial charge in [-0.2, -0.15) is 5.10 Å². The Bertz CT molecular complexity index is 336. The number of carbonyl (C=O) groups excluding carboxylic acids is 1. The molecule has 18 heavy (non-hydrogen) atoms. The number of hydrogen-bond donors (Lipinski definition) is 3. The predicted octanol–water partition coefficient (Wildman–Crippen LogP) is 0.475. The first kappa shape index (κ1) is 14.6. The lowest BCUT2D eigenvalue weighted by Crippen LogP contribution is -2.30. The highest BCUT2D eigenvalue weighted by atomic mass is 16.1. The Hall–Kier alpha value is -1.43. The van der Waals surface area contributed by atoms with Crippen molar-refractivity contribution in [2.75, 3.05) is 13.1 Å². The molecule has 0 saturated carbocycles. The Kier molecular flexibility index (Phi) is 6.35. The number of aromatic nitrogens is 3. The van der Waals surface area contributed by atoms with Crippen molar-refractivity contribution in [3.8, 4) is 0 Å². The summed E-state index contributed by atoms with van der Waals surface area (Å²) in [5.74, 6) is 1.69. The summed E-state index contributed by atoms with van der Waals surface area (Å²) in [4.78, 5) is 15.7. The van der Waals surface area contributed by atoms with E-state index < -0.39 is 0 Å². The van der Waals surface area contributed by atoms with Gasteiger partial charge in [-0.3, -0.25) is 9.89 Å². The van der Waals surface area contributed by atoms with E-state index in [1.165, 1.54) is 6.33 Å². The normalized spacial score (nSPS) is 12.7. The van der Waals surface area contributed by atoms with Crippen LogP contribution in [0.1, 0.15) is 32.5 Å². The van der Waals surface area contributed by atoms with Gasteiger partial charge in [0.05, 0.1) is 0 Å². The van der Waals surface area contributed by atoms with Crippen molar-refractivity contribution in [1.29, 1.82) is 0 Å². The van der Waals surface area contributed by atoms with Gasteiger partial charge in [-0.25, -0.2) is 4.98 Å². The number of amides is 1. The Morgan fingerprint density at radius 2 is 2.33 bits per heavy atom. The molecule has 1 aromatic heterocycles. The summed E-state index contributed by atoms with van der Waals surface area (Å²) in [7, 11) is 0. The van der Waals surface area contributed by atoms with Gasteiger partial charge in [-0.15, -0.1) is 0 Å². The Labute approximate surface area is 108 Å². The van der Waals surface area contributed by atoms with Gasteiger partial charge in [-0.05, 0) is 24.8 Å². The maximum atomic E-state index is 11.7. The molecule has 0 aliphatic heterocycles. The first-order valence-corrected chi connectivity index (χ1v) is 6.42. The van der Waals surface area contributed by atoms with Gasteiger partial charge in [0, 0.05) is 19.4 Å². The number of H-pyrrole nitrogens is 1. The molecule has 1 atom stereocenters. The smallest absolute Gasteiger partial charge is 0.220 e. The lowest BCUT2D eigenvalue weighted by Gasteiger charge is -2.16. The molecule has 1 unspecified atom stereocenters. The van der Waals surface area contributed by atoms with Crippen molar-refractivity contribution < 1.29 is 4.79 Å². The van der Waals surface area contributed by atoms with Gasteiger partial charge in [0.15, 0.2) is 0 Å². The van der Waals surface area contributed by atoms with Crippen LogP contribution in [0.15, 0.2) is 6.33 Å². The summed E-state index contributed by atoms with van der Waals surface area (Å²) < 4.78 is 0. The average Bonchev–Trinajstić information content (AvgIpc) is 2.80. The van der Waals surface area contributed by atoms with Crippen LogP contribution in [0.3, 0.4) is 0 Å². The highest BCUT2D eigenvalue weighted by Crippen LogP contribution is 2.13. The summed E-state index contributed by atoms with van der Waals surface area (Å²) in [6.07, 6.45) is 3.63. The summed E-state index contributed by atoms with van der Waals surface area (Å²) in [5.41, 5.74) is 5.67. The molecule has 0 bridgehead atoms. The van der Waals surface area contributed by atoms with Gasteiger partial charge in [0.2, 0.25) is 5.91 Å². The fourth-order valence-corrected chi connectivity index (χ4v) is 1.94. The van der Waals surface area contributed by atoms with Crippen molar-refractivity contribution in [3.63, 3.8) is 0 Å². The Balaban J connectivity index is 2.19. The number of nitrogens with one attached hydrogen (secondary N) is 2. The molecular weight excluding hydrogens is 230 g/mol. The predicted molar refractivity (Wildman–Crippen MR) is 69.7 cm³/mol. The van der Waals surface area contributed by atoms with Gasteiger partial charge in [-0.1, -0.05) is 13.8 Å². The zero-order valence-electron chi connectivity index (χ0n) is 11.1. The van der Waals surface area contributed by atoms with Gasteiger partial charge in [0.25, 0.3) is 0 Å². The molecule has 1 heterocycles. The fourth-order valence-electron chi connectivity index (χ4n) is 1.94. The topological polar surface area (TPSA) is 96.7 Å². The van der Waals surface area contributed by atoms with Crippen molar-refractivity contribution >= 4 is 5.91 Å². The van der Waals surface area contributed by atoms with E-state index in [1.807, 2.05) is 0 Å². The minimum atomic E-state index is 0.0608. The molecule has 102 valence electrons. The van der Waals surface area contributed by atoms with Crippen molar-refractivity contribution in [2.45, 2.75) is 33.1 Å². The van der Waals surface area contributed by atoms with Crippen molar-refractivity contribution in [2.24, 2.45) is 17.6 Å². The van der Waals surface area contributed by atoms with Crippen molar-refractivity contribution in [1.82, 2.24) is 20.5 Å². The van der Waals surface area contributed by atoms with E-state index in [2.05, 4.69) is 34.3 Å². The summed E-state index contributed by atoms with van der Waals surface area (Å²) in [6.45, 7) is 5.43. The Morgan fingerprint density at radius 1 is 1.56 bits per heavy atom. The van der Waals surface area contributed by atoms with Crippen LogP contribution >= 0.6 is 0 Å². The third-order valence-electron chi connectivity index (χ3n) is 2.76. The maximum absolute atomic E-state index is 11.7. The molecule has 1 rings (SSSR count). The standard InChI is InChI=1S/C12H23N5O/c1-9(2)5-10(7-13)6-12(18)14-4-3-11-15-8-16-17-11/h8-10H,3-7,13H2,1-2H3,(H,14,18)(H,15,16,17). The van der Waals surface area contributed by atoms with Gasteiger partial charge < -0.3 is 11.1 Å². The first-order chi connectivity index (χ1) is 8.61. The summed E-state index contributed by atoms with van der Waals surface area (Å²) in [6, 6.07) is 0. The van der Waals surface area contributed by atoms with Crippen LogP contribution in [0, 0.1) is 11.8 Å². The number of carbonyl (C=O) groups is 1. The molecule has 4 N–H and O–H groups in total. The molecule has 6 nitrogen and oxygen atoms in total. The quantitative estimate of drug-likeness (QED) is 0.627. The third kappa shape index (κ3) is 5.77. The van der Waals surface area contributed by atoms with Gasteiger partial charge in [0.1, 0.15) is 12.2 Å². The molecule has 0 fully saturated rings. The largest absolute Gasteiger partial charge is 0.356 e. The molecule has 0 aromatic carbocycles. The number of nitrogens with zero attached hydrogens (tertiary/aromatic N) is 2. The molecular formula is C12H23N5O. The van der Waals surface area contributed by atoms with Gasteiger partial charge >= 0.3 is 0 Å². The van der Waals surface area contributed by atoms with Crippen LogP contribution in [0.4, 0.5) is 0 Å². The SMILES string of the molecule is CC(C)CC(CN)CC(=O)NCCc1ncn[nH]1. The molecule has 6 heteroatoms. The zero-order chi connectivity index (χ0) is 13.4. The first-order valence-electron chi connectivity index (χ1n) is 6.42. The maximum Gasteiger partial charge on any atom is 0.220 e. The Morgan fingerprint density at radius 3 is 2.89 bits per heavy atom. The van der Waals surface area contributed by atoms with E-state index >= 15 is 0 Å². The summed E-state index contributed by atoms with van der Waals surface area (Å²) in [5, 5.41) is 9.38. The lowest BCUT2D eigenvalue weighted by atomic mass is 9.94. The number of rotatable bonds is 8. The molecule has 0 aliphatic carbocycles. The molecule has 0 radical (unpaired) electrons. The zero-order valence-corrected chi connectivity index (χ0v) is 11.1. The van der Waals surface area contributed by atoms with E-state index in [1.54, 1.807) is 0 Å². The van der Waals surface area contributed by atoms with E-state index in [-0.39, 0.29) is 11.8 Å². The average molecular weight is 253 g/mol. The summed E-state index contributed by atoms with van der Waals surface area (Å²) >= 11 is 0. The van der Waals surface area contributed by atoms with E-state index in [0.29, 0.717) is 31.8 Å². The van der Waals surface area contributed by atoms with E-state index in [4.69, 9.17) is 5.73 Å². The second-order valence-corrected chi connectivity index (χ2v) is 4.97. The number of hydrogen-bond acceptors (Lipinski definition) is 4. The monoisotopic (exact) mass is 253 g/mol. The number of nitrogens with two attached hydrogens (primary N) is 1. The molecule has 0 saturated heterocycles. The molecule has 1 aromatic rings. The highest BCUT2D eigenvalue weighted by Gasteiger charge is 2.13. The van der Waals surface area contributed by atoms with E-state index in [0.717, 1.165) is 12.2 Å². The van der Waals surface area contributed by atoms with Crippen LogP contribution in [0.2, 0.25) is 0 Å². The van der Waals surface area contributed by atoms with Crippen molar-refractivity contribution in [3.05, 3.63) is 12.2 Å². The van der Waals surface area contributed by atoms with Crippen LogP contribution < -0.4 is 11.1 Å².